The van der Waals surface area contributed by atoms with Gasteiger partial charge in [0.15, 0.2) is 0 Å². The highest BCUT2D eigenvalue weighted by Gasteiger charge is 2.32. The van der Waals surface area contributed by atoms with Crippen LogP contribution in [-0.2, 0) is 13.0 Å². The number of rotatable bonds is 6. The Hall–Kier alpha value is -5.18. The normalized spacial score (nSPS) is 12.3. The first-order valence-corrected chi connectivity index (χ1v) is 11.8. The van der Waals surface area contributed by atoms with Gasteiger partial charge in [-0.15, -0.1) is 5.73 Å². The lowest BCUT2D eigenvalue weighted by atomic mass is 9.99. The molecule has 2 heterocycles. The summed E-state index contributed by atoms with van der Waals surface area (Å²) in [6.45, 7) is 4.59. The molecule has 0 aliphatic carbocycles. The summed E-state index contributed by atoms with van der Waals surface area (Å²) in [4.78, 5) is 28.1. The first kappa shape index (κ1) is 23.6. The number of amides is 2. The summed E-state index contributed by atoms with van der Waals surface area (Å²) >= 11 is 0. The molecule has 0 unspecified atom stereocenters. The molecule has 37 heavy (non-hydrogen) atoms. The van der Waals surface area contributed by atoms with E-state index in [4.69, 9.17) is 5.26 Å². The topological polar surface area (TPSA) is 91.0 Å². The Morgan fingerprint density at radius 1 is 1.08 bits per heavy atom. The number of nitriles is 1. The van der Waals surface area contributed by atoms with Gasteiger partial charge in [-0.3, -0.25) is 14.3 Å². The van der Waals surface area contributed by atoms with Crippen molar-refractivity contribution in [3.05, 3.63) is 125 Å². The molecule has 0 fully saturated rings. The second-order valence-corrected chi connectivity index (χ2v) is 8.62. The Balaban J connectivity index is 1.35. The second kappa shape index (κ2) is 10.2. The number of anilines is 2. The van der Waals surface area contributed by atoms with E-state index < -0.39 is 5.91 Å². The van der Waals surface area contributed by atoms with E-state index in [1.807, 2.05) is 54.6 Å². The zero-order valence-electron chi connectivity index (χ0n) is 20.0. The molecule has 1 aliphatic heterocycles. The van der Waals surface area contributed by atoms with Crippen molar-refractivity contribution in [2.45, 2.75) is 13.0 Å². The molecule has 4 aromatic rings. The molecular formula is C30H23N5O2. The van der Waals surface area contributed by atoms with E-state index in [2.05, 4.69) is 28.8 Å². The number of nitrogens with zero attached hydrogens (tertiary/aromatic N) is 4. The van der Waals surface area contributed by atoms with Gasteiger partial charge in [-0.1, -0.05) is 49.0 Å². The molecule has 1 aromatic heterocycles. The minimum absolute atomic E-state index is 0.195. The summed E-state index contributed by atoms with van der Waals surface area (Å²) in [5.41, 5.74) is 8.30. The van der Waals surface area contributed by atoms with Crippen molar-refractivity contribution in [2.75, 3.05) is 16.8 Å². The summed E-state index contributed by atoms with van der Waals surface area (Å²) in [6.07, 6.45) is 4.03. The predicted octanol–water partition coefficient (Wildman–Crippen LogP) is 5.06. The van der Waals surface area contributed by atoms with Gasteiger partial charge in [-0.2, -0.15) is 10.4 Å². The number of benzene rings is 3. The highest BCUT2D eigenvalue weighted by Crippen LogP contribution is 2.25. The fraction of sp³-hybridized carbons (Fsp3) is 0.100. The van der Waals surface area contributed by atoms with Crippen molar-refractivity contribution in [3.63, 3.8) is 0 Å². The molecule has 0 saturated carbocycles. The number of hydrogen-bond acceptors (Lipinski definition) is 4. The van der Waals surface area contributed by atoms with Gasteiger partial charge in [-0.05, 0) is 59.5 Å². The van der Waals surface area contributed by atoms with Crippen molar-refractivity contribution in [2.24, 2.45) is 0 Å². The van der Waals surface area contributed by atoms with E-state index in [1.165, 1.54) is 11.8 Å². The average molecular weight is 486 g/mol. The molecule has 1 aliphatic rings. The minimum atomic E-state index is -0.450. The van der Waals surface area contributed by atoms with Crippen LogP contribution < -0.4 is 10.2 Å². The fourth-order valence-corrected chi connectivity index (χ4v) is 4.44. The van der Waals surface area contributed by atoms with Crippen LogP contribution in [0.2, 0.25) is 0 Å². The number of hydrogen-bond donors (Lipinski definition) is 1. The molecule has 0 spiro atoms. The second-order valence-electron chi connectivity index (χ2n) is 8.62. The van der Waals surface area contributed by atoms with Gasteiger partial charge < -0.3 is 10.2 Å². The third-order valence-electron chi connectivity index (χ3n) is 6.27. The molecule has 5 rings (SSSR count). The van der Waals surface area contributed by atoms with Crippen LogP contribution in [0.3, 0.4) is 0 Å². The molecule has 0 atom stereocenters. The van der Waals surface area contributed by atoms with Gasteiger partial charge in [-0.25, -0.2) is 0 Å². The van der Waals surface area contributed by atoms with Crippen LogP contribution in [0.4, 0.5) is 11.4 Å². The third-order valence-corrected chi connectivity index (χ3v) is 6.27. The zero-order chi connectivity index (χ0) is 25.8. The molecule has 1 N–H and O–H groups in total. The number of nitrogens with one attached hydrogen (secondary N) is 1. The number of aromatic nitrogens is 2. The molecule has 0 radical (unpaired) electrons. The van der Waals surface area contributed by atoms with Gasteiger partial charge >= 0.3 is 0 Å². The first-order chi connectivity index (χ1) is 18.1. The van der Waals surface area contributed by atoms with E-state index in [1.54, 1.807) is 33.8 Å². The monoisotopic (exact) mass is 485 g/mol. The number of carbonyl (C=O) groups is 2. The highest BCUT2D eigenvalue weighted by molar-refractivity contribution is 6.15. The van der Waals surface area contributed by atoms with E-state index in [-0.39, 0.29) is 17.2 Å². The average Bonchev–Trinajstić information content (AvgIpc) is 3.36. The van der Waals surface area contributed by atoms with Crippen LogP contribution in [0, 0.1) is 11.3 Å². The van der Waals surface area contributed by atoms with Gasteiger partial charge in [0.1, 0.15) is 5.69 Å². The SMILES string of the molecule is C=C=Cc1ccccc1Cc1ccc(N2CCn3ncc(C(=O)Nc4cccc(C#N)c4)c3C2=O)cc1. The molecule has 0 bridgehead atoms. The quantitative estimate of drug-likeness (QED) is 0.387. The number of carbonyl (C=O) groups excluding carboxylic acids is 2. The van der Waals surface area contributed by atoms with Crippen LogP contribution in [0.5, 0.6) is 0 Å². The Morgan fingerprint density at radius 2 is 1.89 bits per heavy atom. The zero-order valence-corrected chi connectivity index (χ0v) is 20.0. The Bertz CT molecular complexity index is 1590. The van der Waals surface area contributed by atoms with E-state index in [0.29, 0.717) is 24.3 Å². The molecule has 2 amide bonds. The van der Waals surface area contributed by atoms with Crippen molar-refractivity contribution < 1.29 is 9.59 Å². The highest BCUT2D eigenvalue weighted by atomic mass is 16.2. The lowest BCUT2D eigenvalue weighted by molar-refractivity contribution is 0.0947. The Kier molecular flexibility index (Phi) is 6.50. The van der Waals surface area contributed by atoms with Crippen LogP contribution >= 0.6 is 0 Å². The maximum absolute atomic E-state index is 13.5. The summed E-state index contributed by atoms with van der Waals surface area (Å²) in [5.74, 6) is -0.733. The minimum Gasteiger partial charge on any atom is -0.322 e. The Morgan fingerprint density at radius 3 is 2.68 bits per heavy atom. The van der Waals surface area contributed by atoms with Gasteiger partial charge in [0.05, 0.1) is 29.9 Å². The molecule has 3 aromatic carbocycles. The predicted molar refractivity (Wildman–Crippen MR) is 142 cm³/mol. The summed E-state index contributed by atoms with van der Waals surface area (Å²) in [5, 5.41) is 16.1. The van der Waals surface area contributed by atoms with Gasteiger partial charge in [0.25, 0.3) is 11.8 Å². The van der Waals surface area contributed by atoms with Crippen LogP contribution in [-0.4, -0.2) is 28.1 Å². The van der Waals surface area contributed by atoms with E-state index in [0.717, 1.165) is 23.2 Å². The van der Waals surface area contributed by atoms with Gasteiger partial charge in [0.2, 0.25) is 0 Å². The molecule has 0 saturated heterocycles. The smallest absolute Gasteiger partial charge is 0.277 e. The maximum Gasteiger partial charge on any atom is 0.277 e. The Labute approximate surface area is 214 Å². The van der Waals surface area contributed by atoms with E-state index in [9.17, 15) is 9.59 Å². The summed E-state index contributed by atoms with van der Waals surface area (Å²) in [7, 11) is 0. The lowest BCUT2D eigenvalue weighted by Crippen LogP contribution is -2.41. The number of fused-ring (bicyclic) bond motifs is 1. The van der Waals surface area contributed by atoms with Crippen LogP contribution in [0.25, 0.3) is 6.08 Å². The van der Waals surface area contributed by atoms with Crippen molar-refractivity contribution in [1.29, 1.82) is 5.26 Å². The first-order valence-electron chi connectivity index (χ1n) is 11.8. The molecule has 7 heteroatoms. The lowest BCUT2D eigenvalue weighted by Gasteiger charge is -2.28. The van der Waals surface area contributed by atoms with Crippen molar-refractivity contribution in [1.82, 2.24) is 9.78 Å². The van der Waals surface area contributed by atoms with Crippen molar-refractivity contribution in [3.8, 4) is 6.07 Å². The molecule has 7 nitrogen and oxygen atoms in total. The van der Waals surface area contributed by atoms with Crippen LogP contribution in [0.15, 0.2) is 91.3 Å². The molecule has 180 valence electrons. The largest absolute Gasteiger partial charge is 0.322 e. The van der Waals surface area contributed by atoms with Crippen LogP contribution in [0.1, 0.15) is 43.1 Å². The molecular weight excluding hydrogens is 462 g/mol. The van der Waals surface area contributed by atoms with Crippen molar-refractivity contribution >= 4 is 29.3 Å². The summed E-state index contributed by atoms with van der Waals surface area (Å²) in [6, 6.07) is 24.6. The maximum atomic E-state index is 13.5. The van der Waals surface area contributed by atoms with E-state index >= 15 is 0 Å². The fourth-order valence-electron chi connectivity index (χ4n) is 4.44. The standard InChI is InChI=1S/C30H23N5O2/c1-2-6-23-8-3-4-9-24(23)17-21-11-13-26(14-12-21)34-15-16-35-28(30(34)37)27(20-32-35)29(36)33-25-10-5-7-22(18-25)19-31/h3-14,18,20H,1,15-17H2,(H,33,36). The summed E-state index contributed by atoms with van der Waals surface area (Å²) < 4.78 is 1.57. The third kappa shape index (κ3) is 4.83. The van der Waals surface area contributed by atoms with Gasteiger partial charge in [0, 0.05) is 17.9 Å².